The highest BCUT2D eigenvalue weighted by Gasteiger charge is 2.13. The normalized spacial score (nSPS) is 9.80. The van der Waals surface area contributed by atoms with Crippen LogP contribution in [0.3, 0.4) is 0 Å². The Morgan fingerprint density at radius 3 is 2.33 bits per heavy atom. The van der Waals surface area contributed by atoms with E-state index in [9.17, 15) is 14.0 Å². The number of carbonyl (C=O) groups is 2. The van der Waals surface area contributed by atoms with Crippen LogP contribution in [0.4, 0.5) is 4.39 Å². The maximum atomic E-state index is 13.3. The third kappa shape index (κ3) is 2.31. The third-order valence-electron chi connectivity index (χ3n) is 1.89. The Morgan fingerprint density at radius 1 is 1.33 bits per heavy atom. The summed E-state index contributed by atoms with van der Waals surface area (Å²) in [5.74, 6) is -1.96. The number of halogens is 1. The van der Waals surface area contributed by atoms with Gasteiger partial charge in [-0.15, -0.1) is 0 Å². The quantitative estimate of drug-likeness (QED) is 0.778. The zero-order valence-electron chi connectivity index (χ0n) is 8.45. The first-order chi connectivity index (χ1) is 6.93. The van der Waals surface area contributed by atoms with Gasteiger partial charge in [0.15, 0.2) is 0 Å². The molecule has 0 aliphatic rings. The third-order valence-corrected chi connectivity index (χ3v) is 1.89. The summed E-state index contributed by atoms with van der Waals surface area (Å²) in [6.45, 7) is 0. The van der Waals surface area contributed by atoms with E-state index in [0.717, 1.165) is 6.07 Å². The van der Waals surface area contributed by atoms with Gasteiger partial charge in [0.2, 0.25) is 0 Å². The number of carbonyl (C=O) groups excluding carboxylic acids is 2. The SMILES string of the molecule is CN(C)C(=O)c1ccc(C(N)=O)c(F)c1. The van der Waals surface area contributed by atoms with Crippen molar-refractivity contribution in [2.75, 3.05) is 14.1 Å². The molecule has 15 heavy (non-hydrogen) atoms. The molecule has 0 aliphatic carbocycles. The lowest BCUT2D eigenvalue weighted by Gasteiger charge is -2.10. The van der Waals surface area contributed by atoms with Crippen molar-refractivity contribution in [3.05, 3.63) is 35.1 Å². The summed E-state index contributed by atoms with van der Waals surface area (Å²) in [6, 6.07) is 3.57. The first-order valence-electron chi connectivity index (χ1n) is 4.24. The molecular weight excluding hydrogens is 199 g/mol. The standard InChI is InChI=1S/C10H11FN2O2/c1-13(2)10(15)6-3-4-7(9(12)14)8(11)5-6/h3-5H,1-2H3,(H2,12,14). The molecule has 0 heterocycles. The van der Waals surface area contributed by atoms with E-state index in [1.54, 1.807) is 14.1 Å². The molecule has 0 fully saturated rings. The van der Waals surface area contributed by atoms with E-state index in [0.29, 0.717) is 0 Å². The minimum absolute atomic E-state index is 0.183. The maximum Gasteiger partial charge on any atom is 0.253 e. The van der Waals surface area contributed by atoms with Gasteiger partial charge in [-0.1, -0.05) is 0 Å². The molecule has 0 aromatic heterocycles. The van der Waals surface area contributed by atoms with E-state index in [2.05, 4.69) is 0 Å². The predicted octanol–water partition coefficient (Wildman–Crippen LogP) is 0.626. The summed E-state index contributed by atoms with van der Waals surface area (Å²) < 4.78 is 13.3. The van der Waals surface area contributed by atoms with Gasteiger partial charge in [-0.05, 0) is 18.2 Å². The van der Waals surface area contributed by atoms with Gasteiger partial charge in [0.25, 0.3) is 11.8 Å². The van der Waals surface area contributed by atoms with Crippen LogP contribution < -0.4 is 5.73 Å². The van der Waals surface area contributed by atoms with Crippen molar-refractivity contribution < 1.29 is 14.0 Å². The van der Waals surface area contributed by atoms with Crippen LogP contribution >= 0.6 is 0 Å². The van der Waals surface area contributed by atoms with Gasteiger partial charge in [0.05, 0.1) is 5.56 Å². The Hall–Kier alpha value is -1.91. The Morgan fingerprint density at radius 2 is 1.93 bits per heavy atom. The number of nitrogens with zero attached hydrogens (tertiary/aromatic N) is 1. The average Bonchev–Trinajstić information content (AvgIpc) is 2.15. The predicted molar refractivity (Wildman–Crippen MR) is 52.9 cm³/mol. The first-order valence-corrected chi connectivity index (χ1v) is 4.24. The summed E-state index contributed by atoms with van der Waals surface area (Å²) in [4.78, 5) is 23.5. The number of rotatable bonds is 2. The van der Waals surface area contributed by atoms with E-state index >= 15 is 0 Å². The van der Waals surface area contributed by atoms with Gasteiger partial charge in [-0.3, -0.25) is 9.59 Å². The lowest BCUT2D eigenvalue weighted by Crippen LogP contribution is -2.22. The van der Waals surface area contributed by atoms with Crippen LogP contribution in [0.25, 0.3) is 0 Å². The van der Waals surface area contributed by atoms with E-state index in [-0.39, 0.29) is 17.0 Å². The van der Waals surface area contributed by atoms with Crippen LogP contribution in [0, 0.1) is 5.82 Å². The van der Waals surface area contributed by atoms with Crippen molar-refractivity contribution in [2.45, 2.75) is 0 Å². The van der Waals surface area contributed by atoms with Gasteiger partial charge in [0, 0.05) is 19.7 Å². The van der Waals surface area contributed by atoms with Gasteiger partial charge in [0.1, 0.15) is 5.82 Å². The Labute approximate surface area is 86.5 Å². The number of benzene rings is 1. The van der Waals surface area contributed by atoms with Gasteiger partial charge >= 0.3 is 0 Å². The number of hydrogen-bond donors (Lipinski definition) is 1. The van der Waals surface area contributed by atoms with Crippen molar-refractivity contribution in [3.63, 3.8) is 0 Å². The molecule has 0 saturated carbocycles. The van der Waals surface area contributed by atoms with E-state index in [1.165, 1.54) is 17.0 Å². The Kier molecular flexibility index (Phi) is 3.04. The molecule has 0 atom stereocenters. The molecule has 0 unspecified atom stereocenters. The summed E-state index contributed by atoms with van der Waals surface area (Å²) in [5.41, 5.74) is 4.89. The average molecular weight is 210 g/mol. The fourth-order valence-electron chi connectivity index (χ4n) is 1.11. The molecule has 80 valence electrons. The fourth-order valence-corrected chi connectivity index (χ4v) is 1.11. The van der Waals surface area contributed by atoms with Crippen LogP contribution in [-0.4, -0.2) is 30.8 Å². The van der Waals surface area contributed by atoms with Gasteiger partial charge < -0.3 is 10.6 Å². The van der Waals surface area contributed by atoms with E-state index < -0.39 is 11.7 Å². The second-order valence-electron chi connectivity index (χ2n) is 3.26. The van der Waals surface area contributed by atoms with Crippen LogP contribution in [0.1, 0.15) is 20.7 Å². The van der Waals surface area contributed by atoms with Gasteiger partial charge in [-0.25, -0.2) is 4.39 Å². The molecule has 5 heteroatoms. The summed E-state index contributed by atoms with van der Waals surface area (Å²) in [5, 5.41) is 0. The molecule has 4 nitrogen and oxygen atoms in total. The largest absolute Gasteiger partial charge is 0.366 e. The molecule has 0 saturated heterocycles. The van der Waals surface area contributed by atoms with Crippen LogP contribution in [0.15, 0.2) is 18.2 Å². The van der Waals surface area contributed by atoms with Crippen LogP contribution in [0.5, 0.6) is 0 Å². The molecule has 0 bridgehead atoms. The van der Waals surface area contributed by atoms with Crippen molar-refractivity contribution in [1.82, 2.24) is 4.90 Å². The van der Waals surface area contributed by atoms with Crippen molar-refractivity contribution in [3.8, 4) is 0 Å². The second kappa shape index (κ2) is 4.08. The molecule has 2 amide bonds. The van der Waals surface area contributed by atoms with E-state index in [4.69, 9.17) is 5.73 Å². The highest BCUT2D eigenvalue weighted by molar-refractivity contribution is 5.97. The molecule has 0 aliphatic heterocycles. The van der Waals surface area contributed by atoms with Crippen molar-refractivity contribution in [1.29, 1.82) is 0 Å². The Balaban J connectivity index is 3.12. The first kappa shape index (κ1) is 11.2. The molecular formula is C10H11FN2O2. The Bertz CT molecular complexity index is 416. The fraction of sp³-hybridized carbons (Fsp3) is 0.200. The summed E-state index contributed by atoms with van der Waals surface area (Å²) >= 11 is 0. The van der Waals surface area contributed by atoms with Crippen LogP contribution in [-0.2, 0) is 0 Å². The highest BCUT2D eigenvalue weighted by atomic mass is 19.1. The maximum absolute atomic E-state index is 13.3. The molecule has 0 radical (unpaired) electrons. The zero-order chi connectivity index (χ0) is 11.6. The molecule has 1 aromatic carbocycles. The number of hydrogen-bond acceptors (Lipinski definition) is 2. The summed E-state index contributed by atoms with van der Waals surface area (Å²) in [6.07, 6.45) is 0. The molecule has 1 rings (SSSR count). The van der Waals surface area contributed by atoms with Crippen molar-refractivity contribution in [2.24, 2.45) is 5.73 Å². The minimum Gasteiger partial charge on any atom is -0.366 e. The molecule has 0 spiro atoms. The van der Waals surface area contributed by atoms with Gasteiger partial charge in [-0.2, -0.15) is 0 Å². The smallest absolute Gasteiger partial charge is 0.253 e. The number of amides is 2. The van der Waals surface area contributed by atoms with E-state index in [1.807, 2.05) is 0 Å². The minimum atomic E-state index is -0.851. The van der Waals surface area contributed by atoms with Crippen molar-refractivity contribution >= 4 is 11.8 Å². The number of primary amides is 1. The highest BCUT2D eigenvalue weighted by Crippen LogP contribution is 2.11. The molecule has 1 aromatic rings. The lowest BCUT2D eigenvalue weighted by atomic mass is 10.1. The molecule has 2 N–H and O–H groups in total. The second-order valence-corrected chi connectivity index (χ2v) is 3.26. The van der Waals surface area contributed by atoms with Crippen LogP contribution in [0.2, 0.25) is 0 Å². The monoisotopic (exact) mass is 210 g/mol. The number of nitrogens with two attached hydrogens (primary N) is 1. The lowest BCUT2D eigenvalue weighted by molar-refractivity contribution is 0.0826. The summed E-state index contributed by atoms with van der Waals surface area (Å²) in [7, 11) is 3.12. The zero-order valence-corrected chi connectivity index (χ0v) is 8.45. The topological polar surface area (TPSA) is 63.4 Å².